The molecular weight excluding hydrogens is 338 g/mol. The molecule has 0 radical (unpaired) electrons. The van der Waals surface area contributed by atoms with E-state index in [4.69, 9.17) is 4.74 Å². The summed E-state index contributed by atoms with van der Waals surface area (Å²) in [5.74, 6) is -3.36. The van der Waals surface area contributed by atoms with Crippen LogP contribution in [0.2, 0.25) is 0 Å². The van der Waals surface area contributed by atoms with Gasteiger partial charge >= 0.3 is 5.97 Å². The lowest BCUT2D eigenvalue weighted by molar-refractivity contribution is -0.151. The Labute approximate surface area is 150 Å². The summed E-state index contributed by atoms with van der Waals surface area (Å²) < 4.78 is 31.9. The highest BCUT2D eigenvalue weighted by Crippen LogP contribution is 2.40. The highest BCUT2D eigenvalue weighted by molar-refractivity contribution is 6.10. The van der Waals surface area contributed by atoms with Crippen LogP contribution in [0.15, 0.2) is 54.6 Å². The van der Waals surface area contributed by atoms with Crippen LogP contribution >= 0.6 is 0 Å². The lowest BCUT2D eigenvalue weighted by atomic mass is 9.73. The van der Waals surface area contributed by atoms with Crippen LogP contribution in [-0.4, -0.2) is 18.4 Å². The van der Waals surface area contributed by atoms with Crippen molar-refractivity contribution in [3.05, 3.63) is 77.4 Å². The van der Waals surface area contributed by atoms with Crippen molar-refractivity contribution in [3.8, 4) is 0 Å². The first kappa shape index (κ1) is 18.0. The lowest BCUT2D eigenvalue weighted by Gasteiger charge is -2.29. The van der Waals surface area contributed by atoms with Crippen LogP contribution in [0.25, 0.3) is 5.57 Å². The van der Waals surface area contributed by atoms with Gasteiger partial charge in [-0.15, -0.1) is 0 Å². The average Bonchev–Trinajstić information content (AvgIpc) is 2.61. The SMILES string of the molecule is CCOC(=O)[C@@H]1C(=O)C=C(c2ccc(F)cc2)C[C@H]1c1cccc(F)c1. The first-order valence-electron chi connectivity index (χ1n) is 8.42. The quantitative estimate of drug-likeness (QED) is 0.606. The van der Waals surface area contributed by atoms with E-state index in [2.05, 4.69) is 0 Å². The van der Waals surface area contributed by atoms with Crippen molar-refractivity contribution >= 4 is 17.3 Å². The van der Waals surface area contributed by atoms with Crippen molar-refractivity contribution in [1.82, 2.24) is 0 Å². The molecule has 0 saturated heterocycles. The first-order valence-corrected chi connectivity index (χ1v) is 8.42. The molecule has 5 heteroatoms. The Kier molecular flexibility index (Phi) is 5.26. The molecule has 134 valence electrons. The smallest absolute Gasteiger partial charge is 0.317 e. The first-order chi connectivity index (χ1) is 12.5. The van der Waals surface area contributed by atoms with Gasteiger partial charge in [-0.3, -0.25) is 9.59 Å². The zero-order valence-corrected chi connectivity index (χ0v) is 14.2. The van der Waals surface area contributed by atoms with E-state index in [1.807, 2.05) is 0 Å². The predicted octanol–water partition coefficient (Wildman–Crippen LogP) is 4.28. The largest absolute Gasteiger partial charge is 0.465 e. The van der Waals surface area contributed by atoms with E-state index in [-0.39, 0.29) is 18.2 Å². The van der Waals surface area contributed by atoms with E-state index in [0.717, 1.165) is 0 Å². The molecule has 0 N–H and O–H groups in total. The van der Waals surface area contributed by atoms with Gasteiger partial charge < -0.3 is 4.74 Å². The number of esters is 1. The molecule has 0 aliphatic heterocycles. The van der Waals surface area contributed by atoms with Crippen molar-refractivity contribution in [2.24, 2.45) is 5.92 Å². The number of hydrogen-bond acceptors (Lipinski definition) is 3. The number of ether oxygens (including phenoxy) is 1. The zero-order chi connectivity index (χ0) is 18.7. The fourth-order valence-corrected chi connectivity index (χ4v) is 3.30. The van der Waals surface area contributed by atoms with Gasteiger partial charge in [0, 0.05) is 5.92 Å². The van der Waals surface area contributed by atoms with Crippen molar-refractivity contribution in [2.45, 2.75) is 19.3 Å². The maximum atomic E-state index is 13.7. The van der Waals surface area contributed by atoms with Crippen LogP contribution < -0.4 is 0 Å². The molecule has 0 aromatic heterocycles. The second kappa shape index (κ2) is 7.60. The van der Waals surface area contributed by atoms with Gasteiger partial charge in [-0.25, -0.2) is 8.78 Å². The van der Waals surface area contributed by atoms with E-state index < -0.39 is 23.6 Å². The number of carbonyl (C=O) groups is 2. The maximum absolute atomic E-state index is 13.7. The standard InChI is InChI=1S/C21H18F2O3/c1-2-26-21(25)20-18(14-4-3-5-17(23)10-14)11-15(12-19(20)24)13-6-8-16(22)9-7-13/h3-10,12,18,20H,2,11H2,1H3/t18-,20-/m0/s1. The van der Waals surface area contributed by atoms with Crippen molar-refractivity contribution in [3.63, 3.8) is 0 Å². The minimum atomic E-state index is -1.01. The topological polar surface area (TPSA) is 43.4 Å². The molecule has 2 aromatic carbocycles. The summed E-state index contributed by atoms with van der Waals surface area (Å²) in [5.41, 5.74) is 1.94. The molecular formula is C21H18F2O3. The molecule has 2 atom stereocenters. The predicted molar refractivity (Wildman–Crippen MR) is 93.3 cm³/mol. The molecule has 0 saturated carbocycles. The van der Waals surface area contributed by atoms with Gasteiger partial charge in [0.05, 0.1) is 6.61 Å². The summed E-state index contributed by atoms with van der Waals surface area (Å²) in [6.07, 6.45) is 1.76. The monoisotopic (exact) mass is 356 g/mol. The Bertz CT molecular complexity index is 856. The highest BCUT2D eigenvalue weighted by Gasteiger charge is 2.39. The van der Waals surface area contributed by atoms with Crippen LogP contribution in [0, 0.1) is 17.6 Å². The molecule has 2 aromatic rings. The molecule has 0 unspecified atom stereocenters. The molecule has 1 aliphatic carbocycles. The van der Waals surface area contributed by atoms with E-state index in [0.29, 0.717) is 23.1 Å². The van der Waals surface area contributed by atoms with Crippen LogP contribution in [0.3, 0.4) is 0 Å². The van der Waals surface area contributed by atoms with Gasteiger partial charge in [0.15, 0.2) is 5.78 Å². The molecule has 3 rings (SSSR count). The minimum Gasteiger partial charge on any atom is -0.465 e. The summed E-state index contributed by atoms with van der Waals surface area (Å²) in [4.78, 5) is 25.0. The summed E-state index contributed by atoms with van der Waals surface area (Å²) >= 11 is 0. The van der Waals surface area contributed by atoms with Gasteiger partial charge in [0.2, 0.25) is 0 Å². The highest BCUT2D eigenvalue weighted by atomic mass is 19.1. The molecule has 0 fully saturated rings. The molecule has 3 nitrogen and oxygen atoms in total. The maximum Gasteiger partial charge on any atom is 0.317 e. The Morgan fingerprint density at radius 3 is 2.50 bits per heavy atom. The van der Waals surface area contributed by atoms with E-state index in [1.165, 1.54) is 30.3 Å². The Balaban J connectivity index is 2.02. The second-order valence-electron chi connectivity index (χ2n) is 6.17. The number of hydrogen-bond donors (Lipinski definition) is 0. The van der Waals surface area contributed by atoms with Gasteiger partial charge in [-0.2, -0.15) is 0 Å². The van der Waals surface area contributed by atoms with Crippen molar-refractivity contribution in [1.29, 1.82) is 0 Å². The van der Waals surface area contributed by atoms with Crippen LogP contribution in [0.4, 0.5) is 8.78 Å². The lowest BCUT2D eigenvalue weighted by Crippen LogP contribution is -2.34. The summed E-state index contributed by atoms with van der Waals surface area (Å²) in [5, 5.41) is 0. The fourth-order valence-electron chi connectivity index (χ4n) is 3.30. The third-order valence-corrected chi connectivity index (χ3v) is 4.50. The van der Waals surface area contributed by atoms with Crippen LogP contribution in [-0.2, 0) is 14.3 Å². The van der Waals surface area contributed by atoms with Gasteiger partial charge in [0.1, 0.15) is 17.6 Å². The Morgan fingerprint density at radius 2 is 1.85 bits per heavy atom. The number of halogens is 2. The van der Waals surface area contributed by atoms with Crippen LogP contribution in [0.5, 0.6) is 0 Å². The third kappa shape index (κ3) is 3.72. The summed E-state index contributed by atoms with van der Waals surface area (Å²) in [6, 6.07) is 11.7. The van der Waals surface area contributed by atoms with Crippen molar-refractivity contribution in [2.75, 3.05) is 6.61 Å². The summed E-state index contributed by atoms with van der Waals surface area (Å²) in [7, 11) is 0. The van der Waals surface area contributed by atoms with Gasteiger partial charge in [0.25, 0.3) is 0 Å². The molecule has 0 heterocycles. The summed E-state index contributed by atoms with van der Waals surface area (Å²) in [6.45, 7) is 1.83. The number of allylic oxidation sites excluding steroid dienone is 2. The van der Waals surface area contributed by atoms with E-state index in [1.54, 1.807) is 31.2 Å². The second-order valence-corrected chi connectivity index (χ2v) is 6.17. The van der Waals surface area contributed by atoms with E-state index in [9.17, 15) is 18.4 Å². The number of rotatable bonds is 4. The van der Waals surface area contributed by atoms with Gasteiger partial charge in [-0.1, -0.05) is 24.3 Å². The molecule has 1 aliphatic rings. The van der Waals surface area contributed by atoms with Crippen LogP contribution in [0.1, 0.15) is 30.4 Å². The van der Waals surface area contributed by atoms with Gasteiger partial charge in [-0.05, 0) is 60.4 Å². The van der Waals surface area contributed by atoms with Crippen molar-refractivity contribution < 1.29 is 23.1 Å². The Morgan fingerprint density at radius 1 is 1.12 bits per heavy atom. The molecule has 0 amide bonds. The minimum absolute atomic E-state index is 0.160. The number of ketones is 1. The Hall–Kier alpha value is -2.82. The molecule has 0 bridgehead atoms. The average molecular weight is 356 g/mol. The number of benzene rings is 2. The zero-order valence-electron chi connectivity index (χ0n) is 14.2. The third-order valence-electron chi connectivity index (χ3n) is 4.50. The normalized spacial score (nSPS) is 19.8. The van der Waals surface area contributed by atoms with E-state index >= 15 is 0 Å². The molecule has 26 heavy (non-hydrogen) atoms. The number of carbonyl (C=O) groups excluding carboxylic acids is 2. The molecule has 0 spiro atoms. The fraction of sp³-hybridized carbons (Fsp3) is 0.238.